The molecule has 1 aliphatic rings. The first-order valence-corrected chi connectivity index (χ1v) is 8.81. The van der Waals surface area contributed by atoms with Gasteiger partial charge in [-0.3, -0.25) is 4.79 Å². The Morgan fingerprint density at radius 2 is 2.12 bits per heavy atom. The van der Waals surface area contributed by atoms with Gasteiger partial charge in [0, 0.05) is 0 Å². The Morgan fingerprint density at radius 1 is 1.40 bits per heavy atom. The summed E-state index contributed by atoms with van der Waals surface area (Å²) in [6.07, 6.45) is 3.12. The summed E-state index contributed by atoms with van der Waals surface area (Å²) in [4.78, 5) is 23.8. The third kappa shape index (κ3) is 4.93. The standard InChI is InChI=1S/C18H19NO4S2/c1-10(15-16(20)19-18(24)25-15)5-6-13-7-8-14(11(2)9-13)23-12(3)17(21)22-4/h5-9,12H,1-4H3,(H,19,20,24). The molecule has 0 bridgehead atoms. The molecule has 0 radical (unpaired) electrons. The van der Waals surface area contributed by atoms with Crippen LogP contribution in [0.15, 0.2) is 34.8 Å². The van der Waals surface area contributed by atoms with E-state index in [2.05, 4.69) is 10.1 Å². The molecule has 1 saturated heterocycles. The summed E-state index contributed by atoms with van der Waals surface area (Å²) < 4.78 is 10.7. The van der Waals surface area contributed by atoms with Crippen LogP contribution in [0.5, 0.6) is 5.75 Å². The van der Waals surface area contributed by atoms with Crippen LogP contribution in [0.2, 0.25) is 0 Å². The van der Waals surface area contributed by atoms with E-state index < -0.39 is 12.1 Å². The van der Waals surface area contributed by atoms with Crippen molar-refractivity contribution in [1.82, 2.24) is 5.32 Å². The highest BCUT2D eigenvalue weighted by Gasteiger charge is 2.23. The van der Waals surface area contributed by atoms with Crippen LogP contribution in [0, 0.1) is 6.92 Å². The van der Waals surface area contributed by atoms with Gasteiger partial charge in [-0.2, -0.15) is 0 Å². The Balaban J connectivity index is 2.13. The SMILES string of the molecule is COC(=O)C(C)Oc1ccc(C=CC(C)=C2SC(=S)NC2=O)cc1C. The smallest absolute Gasteiger partial charge is 0.346 e. The number of rotatable bonds is 5. The highest BCUT2D eigenvalue weighted by Crippen LogP contribution is 2.28. The monoisotopic (exact) mass is 377 g/mol. The zero-order valence-corrected chi connectivity index (χ0v) is 16.0. The number of allylic oxidation sites excluding steroid dienone is 2. The third-order valence-corrected chi connectivity index (χ3v) is 4.89. The molecule has 0 aromatic heterocycles. The van der Waals surface area contributed by atoms with E-state index in [4.69, 9.17) is 17.0 Å². The van der Waals surface area contributed by atoms with Crippen molar-refractivity contribution < 1.29 is 19.1 Å². The number of aryl methyl sites for hydroxylation is 1. The van der Waals surface area contributed by atoms with Gasteiger partial charge in [-0.15, -0.1) is 0 Å². The number of nitrogens with one attached hydrogen (secondary N) is 1. The molecular weight excluding hydrogens is 358 g/mol. The number of thiocarbonyl (C=S) groups is 1. The van der Waals surface area contributed by atoms with E-state index in [0.717, 1.165) is 16.7 Å². The van der Waals surface area contributed by atoms with Gasteiger partial charge in [-0.05, 0) is 49.6 Å². The predicted molar refractivity (Wildman–Crippen MR) is 103 cm³/mol. The molecule has 1 aromatic carbocycles. The summed E-state index contributed by atoms with van der Waals surface area (Å²) in [5.74, 6) is 0.0472. The molecule has 1 amide bonds. The van der Waals surface area contributed by atoms with Crippen molar-refractivity contribution in [3.63, 3.8) is 0 Å². The van der Waals surface area contributed by atoms with E-state index in [-0.39, 0.29) is 5.91 Å². The minimum absolute atomic E-state index is 0.158. The average molecular weight is 377 g/mol. The molecule has 1 aliphatic heterocycles. The fourth-order valence-electron chi connectivity index (χ4n) is 2.18. The van der Waals surface area contributed by atoms with Gasteiger partial charge in [-0.1, -0.05) is 42.2 Å². The van der Waals surface area contributed by atoms with Gasteiger partial charge in [0.25, 0.3) is 5.91 Å². The molecule has 1 unspecified atom stereocenters. The van der Waals surface area contributed by atoms with Crippen LogP contribution in [-0.4, -0.2) is 29.4 Å². The second kappa shape index (κ2) is 8.31. The van der Waals surface area contributed by atoms with Gasteiger partial charge in [-0.25, -0.2) is 4.79 Å². The Morgan fingerprint density at radius 3 is 2.68 bits per heavy atom. The number of hydrogen-bond donors (Lipinski definition) is 1. The second-order valence-corrected chi connectivity index (χ2v) is 7.18. The van der Waals surface area contributed by atoms with Crippen LogP contribution in [-0.2, 0) is 14.3 Å². The van der Waals surface area contributed by atoms with E-state index in [0.29, 0.717) is 15.0 Å². The molecule has 1 fully saturated rings. The lowest BCUT2D eigenvalue weighted by Gasteiger charge is -2.14. The number of carbonyl (C=O) groups excluding carboxylic acids is 2. The molecule has 5 nitrogen and oxygen atoms in total. The maximum Gasteiger partial charge on any atom is 0.346 e. The summed E-state index contributed by atoms with van der Waals surface area (Å²) in [7, 11) is 1.33. The van der Waals surface area contributed by atoms with Crippen LogP contribution in [0.3, 0.4) is 0 Å². The molecule has 0 spiro atoms. The molecule has 0 saturated carbocycles. The van der Waals surface area contributed by atoms with Gasteiger partial charge in [0.05, 0.1) is 12.0 Å². The number of methoxy groups -OCH3 is 1. The second-order valence-electron chi connectivity index (χ2n) is 5.50. The zero-order valence-electron chi connectivity index (χ0n) is 14.4. The number of esters is 1. The van der Waals surface area contributed by atoms with E-state index in [1.54, 1.807) is 6.92 Å². The highest BCUT2D eigenvalue weighted by molar-refractivity contribution is 8.26. The number of thioether (sulfide) groups is 1. The molecular formula is C18H19NO4S2. The lowest BCUT2D eigenvalue weighted by Crippen LogP contribution is -2.25. The van der Waals surface area contributed by atoms with Crippen molar-refractivity contribution in [3.8, 4) is 5.75 Å². The minimum Gasteiger partial charge on any atom is -0.479 e. The number of hydrogen-bond acceptors (Lipinski definition) is 6. The zero-order chi connectivity index (χ0) is 18.6. The van der Waals surface area contributed by atoms with E-state index in [1.165, 1.54) is 18.9 Å². The van der Waals surface area contributed by atoms with Gasteiger partial charge in [0.1, 0.15) is 10.1 Å². The Bertz CT molecular complexity index is 783. The van der Waals surface area contributed by atoms with Crippen molar-refractivity contribution >= 4 is 46.3 Å². The van der Waals surface area contributed by atoms with Crippen molar-refractivity contribution in [1.29, 1.82) is 0 Å². The van der Waals surface area contributed by atoms with Crippen molar-refractivity contribution in [2.24, 2.45) is 0 Å². The molecule has 7 heteroatoms. The first-order valence-electron chi connectivity index (χ1n) is 7.59. The van der Waals surface area contributed by atoms with Gasteiger partial charge in [0.15, 0.2) is 6.10 Å². The molecule has 25 heavy (non-hydrogen) atoms. The highest BCUT2D eigenvalue weighted by atomic mass is 32.2. The van der Waals surface area contributed by atoms with E-state index in [1.807, 2.05) is 44.2 Å². The molecule has 1 N–H and O–H groups in total. The first kappa shape index (κ1) is 19.2. The number of ether oxygens (including phenoxy) is 2. The molecule has 2 rings (SSSR count). The normalized spacial score (nSPS) is 17.4. The number of benzene rings is 1. The minimum atomic E-state index is -0.668. The lowest BCUT2D eigenvalue weighted by atomic mass is 10.1. The third-order valence-electron chi connectivity index (χ3n) is 3.54. The maximum atomic E-state index is 11.8. The van der Waals surface area contributed by atoms with Crippen LogP contribution in [0.4, 0.5) is 0 Å². The summed E-state index contributed by atoms with van der Waals surface area (Å²) in [5.41, 5.74) is 2.71. The Labute approximate surface area is 156 Å². The first-order chi connectivity index (χ1) is 11.8. The fourth-order valence-corrected chi connectivity index (χ4v) is 3.23. The van der Waals surface area contributed by atoms with Gasteiger partial charge < -0.3 is 14.8 Å². The lowest BCUT2D eigenvalue weighted by molar-refractivity contribution is -0.147. The van der Waals surface area contributed by atoms with Crippen molar-refractivity contribution in [2.75, 3.05) is 7.11 Å². The molecule has 1 heterocycles. The van der Waals surface area contributed by atoms with E-state index >= 15 is 0 Å². The van der Waals surface area contributed by atoms with Crippen LogP contribution >= 0.6 is 24.0 Å². The van der Waals surface area contributed by atoms with Gasteiger partial charge >= 0.3 is 5.97 Å². The summed E-state index contributed by atoms with van der Waals surface area (Å²) in [6, 6.07) is 5.64. The number of amides is 1. The quantitative estimate of drug-likeness (QED) is 0.482. The largest absolute Gasteiger partial charge is 0.479 e. The van der Waals surface area contributed by atoms with Crippen LogP contribution < -0.4 is 10.1 Å². The summed E-state index contributed by atoms with van der Waals surface area (Å²) >= 11 is 6.26. The predicted octanol–water partition coefficient (Wildman–Crippen LogP) is 3.37. The Kier molecular flexibility index (Phi) is 6.39. The maximum absolute atomic E-state index is 11.8. The summed E-state index contributed by atoms with van der Waals surface area (Å²) in [6.45, 7) is 5.42. The average Bonchev–Trinajstić information content (AvgIpc) is 2.92. The number of carbonyl (C=O) groups is 2. The van der Waals surface area contributed by atoms with Crippen molar-refractivity contribution in [2.45, 2.75) is 26.9 Å². The Hall–Kier alpha value is -2.12. The molecule has 1 atom stereocenters. The molecule has 1 aromatic rings. The van der Waals surface area contributed by atoms with Crippen LogP contribution in [0.1, 0.15) is 25.0 Å². The van der Waals surface area contributed by atoms with Gasteiger partial charge in [0.2, 0.25) is 0 Å². The van der Waals surface area contributed by atoms with Crippen LogP contribution in [0.25, 0.3) is 6.08 Å². The summed E-state index contributed by atoms with van der Waals surface area (Å²) in [5, 5.41) is 2.60. The topological polar surface area (TPSA) is 64.6 Å². The van der Waals surface area contributed by atoms with Crippen molar-refractivity contribution in [3.05, 3.63) is 45.9 Å². The van der Waals surface area contributed by atoms with E-state index in [9.17, 15) is 9.59 Å². The molecule has 0 aliphatic carbocycles. The molecule has 132 valence electrons. The fraction of sp³-hybridized carbons (Fsp3) is 0.278.